The van der Waals surface area contributed by atoms with Gasteiger partial charge in [-0.05, 0) is 12.8 Å². The number of nitrogens with zero attached hydrogens (tertiary/aromatic N) is 3. The lowest BCUT2D eigenvalue weighted by Crippen LogP contribution is -2.31. The van der Waals surface area contributed by atoms with Gasteiger partial charge in [0.25, 0.3) is 0 Å². The third-order valence-electron chi connectivity index (χ3n) is 2.77. The van der Waals surface area contributed by atoms with E-state index in [1.54, 1.807) is 12.3 Å². The Balaban J connectivity index is 2.38. The molecule has 0 aliphatic rings. The summed E-state index contributed by atoms with van der Waals surface area (Å²) in [6, 6.07) is 1.71. The van der Waals surface area contributed by atoms with E-state index in [0.29, 0.717) is 44.5 Å². The van der Waals surface area contributed by atoms with Gasteiger partial charge in [-0.3, -0.25) is 0 Å². The quantitative estimate of drug-likeness (QED) is 0.656. The molecule has 0 radical (unpaired) electrons. The van der Waals surface area contributed by atoms with Crippen molar-refractivity contribution in [3.05, 3.63) is 12.3 Å². The number of rotatable bonds is 10. The van der Waals surface area contributed by atoms with Crippen molar-refractivity contribution in [1.82, 2.24) is 14.3 Å². The summed E-state index contributed by atoms with van der Waals surface area (Å²) in [6.45, 7) is 6.04. The predicted octanol–water partition coefficient (Wildman–Crippen LogP) is 1.35. The highest BCUT2D eigenvalue weighted by Crippen LogP contribution is 2.08. The molecule has 0 saturated carbocycles. The monoisotopic (exact) mass is 316 g/mol. The number of nitrogens with one attached hydrogen (secondary N) is 1. The number of hydrogen-bond acceptors (Lipinski definition) is 6. The van der Waals surface area contributed by atoms with Crippen LogP contribution in [0.1, 0.15) is 26.7 Å². The lowest BCUT2D eigenvalue weighted by atomic mass is 10.4. The number of ether oxygens (including phenoxy) is 1. The Morgan fingerprint density at radius 1 is 1.38 bits per heavy atom. The predicted molar refractivity (Wildman–Crippen MR) is 83.0 cm³/mol. The third-order valence-corrected chi connectivity index (χ3v) is 4.15. The molecule has 21 heavy (non-hydrogen) atoms. The maximum absolute atomic E-state index is 11.4. The standard InChI is InChI=1S/C13H24N4O3S/c1-4-11-20-12-7-9-15-13(16-12)14-8-6-10-17(5-2)21(3,18)19/h7,9H,4-6,8,10-11H2,1-3H3,(H,14,15,16). The van der Waals surface area contributed by atoms with Crippen LogP contribution in [-0.4, -0.2) is 55.2 Å². The van der Waals surface area contributed by atoms with Crippen LogP contribution in [0.15, 0.2) is 12.3 Å². The molecule has 1 aromatic heterocycles. The van der Waals surface area contributed by atoms with Crippen LogP contribution in [0, 0.1) is 0 Å². The minimum Gasteiger partial charge on any atom is -0.478 e. The highest BCUT2D eigenvalue weighted by Gasteiger charge is 2.13. The van der Waals surface area contributed by atoms with Gasteiger partial charge >= 0.3 is 0 Å². The van der Waals surface area contributed by atoms with Crippen LogP contribution >= 0.6 is 0 Å². The van der Waals surface area contributed by atoms with Crippen molar-refractivity contribution in [2.45, 2.75) is 26.7 Å². The van der Waals surface area contributed by atoms with E-state index in [1.165, 1.54) is 10.6 Å². The van der Waals surface area contributed by atoms with E-state index in [9.17, 15) is 8.42 Å². The molecule has 120 valence electrons. The molecule has 0 spiro atoms. The van der Waals surface area contributed by atoms with Gasteiger partial charge in [-0.2, -0.15) is 4.98 Å². The smallest absolute Gasteiger partial charge is 0.225 e. The van der Waals surface area contributed by atoms with Gasteiger partial charge in [0.1, 0.15) is 0 Å². The third kappa shape index (κ3) is 6.72. The van der Waals surface area contributed by atoms with Crippen LogP contribution in [0.4, 0.5) is 5.95 Å². The van der Waals surface area contributed by atoms with Gasteiger partial charge in [-0.25, -0.2) is 17.7 Å². The summed E-state index contributed by atoms with van der Waals surface area (Å²) in [6.07, 6.45) is 4.46. The first-order valence-corrected chi connectivity index (χ1v) is 8.97. The summed E-state index contributed by atoms with van der Waals surface area (Å²) >= 11 is 0. The molecule has 0 aliphatic carbocycles. The molecule has 7 nitrogen and oxygen atoms in total. The van der Waals surface area contributed by atoms with Gasteiger partial charge in [0.2, 0.25) is 21.9 Å². The largest absolute Gasteiger partial charge is 0.478 e. The number of anilines is 1. The Kier molecular flexibility index (Phi) is 7.38. The van der Waals surface area contributed by atoms with Gasteiger partial charge in [-0.15, -0.1) is 0 Å². The number of aromatic nitrogens is 2. The minimum atomic E-state index is -3.12. The van der Waals surface area contributed by atoms with Crippen LogP contribution in [-0.2, 0) is 10.0 Å². The average Bonchev–Trinajstić information content (AvgIpc) is 2.44. The Morgan fingerprint density at radius 2 is 2.14 bits per heavy atom. The fourth-order valence-corrected chi connectivity index (χ4v) is 2.66. The van der Waals surface area contributed by atoms with Crippen molar-refractivity contribution < 1.29 is 13.2 Å². The van der Waals surface area contributed by atoms with Gasteiger partial charge in [0, 0.05) is 31.9 Å². The van der Waals surface area contributed by atoms with E-state index in [2.05, 4.69) is 15.3 Å². The number of hydrogen-bond donors (Lipinski definition) is 1. The zero-order valence-corrected chi connectivity index (χ0v) is 13.7. The normalized spacial score (nSPS) is 11.6. The first-order valence-electron chi connectivity index (χ1n) is 7.12. The van der Waals surface area contributed by atoms with Crippen molar-refractivity contribution in [2.24, 2.45) is 0 Å². The van der Waals surface area contributed by atoms with Crippen molar-refractivity contribution in [2.75, 3.05) is 37.8 Å². The fraction of sp³-hybridized carbons (Fsp3) is 0.692. The highest BCUT2D eigenvalue weighted by molar-refractivity contribution is 7.88. The van der Waals surface area contributed by atoms with E-state index >= 15 is 0 Å². The summed E-state index contributed by atoms with van der Waals surface area (Å²) in [5, 5.41) is 3.07. The van der Waals surface area contributed by atoms with E-state index in [-0.39, 0.29) is 0 Å². The summed E-state index contributed by atoms with van der Waals surface area (Å²) in [5.41, 5.74) is 0. The van der Waals surface area contributed by atoms with Crippen molar-refractivity contribution in [3.8, 4) is 5.88 Å². The van der Waals surface area contributed by atoms with Gasteiger partial charge in [-0.1, -0.05) is 13.8 Å². The zero-order chi connectivity index (χ0) is 15.7. The fourth-order valence-electron chi connectivity index (χ4n) is 1.73. The van der Waals surface area contributed by atoms with E-state index in [1.807, 2.05) is 13.8 Å². The topological polar surface area (TPSA) is 84.4 Å². The Labute approximate surface area is 126 Å². The average molecular weight is 316 g/mol. The molecule has 1 heterocycles. The maximum atomic E-state index is 11.4. The molecule has 0 aromatic carbocycles. The molecule has 0 atom stereocenters. The molecular formula is C13H24N4O3S. The molecule has 1 N–H and O–H groups in total. The highest BCUT2D eigenvalue weighted by atomic mass is 32.2. The van der Waals surface area contributed by atoms with Crippen LogP contribution in [0.5, 0.6) is 5.88 Å². The van der Waals surface area contributed by atoms with Crippen molar-refractivity contribution in [1.29, 1.82) is 0 Å². The van der Waals surface area contributed by atoms with E-state index < -0.39 is 10.0 Å². The van der Waals surface area contributed by atoms with Gasteiger partial charge < -0.3 is 10.1 Å². The zero-order valence-electron chi connectivity index (χ0n) is 12.9. The SMILES string of the molecule is CCCOc1ccnc(NCCCN(CC)S(C)(=O)=O)n1. The molecular weight excluding hydrogens is 292 g/mol. The van der Waals surface area contributed by atoms with Crippen LogP contribution in [0.25, 0.3) is 0 Å². The Hall–Kier alpha value is -1.41. The summed E-state index contributed by atoms with van der Waals surface area (Å²) < 4.78 is 29.7. The molecule has 0 aliphatic heterocycles. The Bertz CT molecular complexity index is 522. The second-order valence-corrected chi connectivity index (χ2v) is 6.58. The van der Waals surface area contributed by atoms with Crippen LogP contribution in [0.3, 0.4) is 0 Å². The molecule has 1 rings (SSSR count). The molecule has 8 heteroatoms. The molecule has 0 bridgehead atoms. The summed E-state index contributed by atoms with van der Waals surface area (Å²) in [7, 11) is -3.12. The molecule has 1 aromatic rings. The van der Waals surface area contributed by atoms with E-state index in [0.717, 1.165) is 6.42 Å². The lowest BCUT2D eigenvalue weighted by molar-refractivity contribution is 0.305. The first kappa shape index (κ1) is 17.6. The second-order valence-electron chi connectivity index (χ2n) is 4.60. The molecule has 0 amide bonds. The summed E-state index contributed by atoms with van der Waals surface area (Å²) in [4.78, 5) is 8.32. The molecule has 0 saturated heterocycles. The van der Waals surface area contributed by atoms with Crippen LogP contribution in [0.2, 0.25) is 0 Å². The van der Waals surface area contributed by atoms with Crippen molar-refractivity contribution in [3.63, 3.8) is 0 Å². The van der Waals surface area contributed by atoms with Crippen LogP contribution < -0.4 is 10.1 Å². The summed E-state index contributed by atoms with van der Waals surface area (Å²) in [5.74, 6) is 1.03. The lowest BCUT2D eigenvalue weighted by Gasteiger charge is -2.17. The van der Waals surface area contributed by atoms with E-state index in [4.69, 9.17) is 4.74 Å². The van der Waals surface area contributed by atoms with Gasteiger partial charge in [0.05, 0.1) is 12.9 Å². The maximum Gasteiger partial charge on any atom is 0.225 e. The van der Waals surface area contributed by atoms with Crippen molar-refractivity contribution >= 4 is 16.0 Å². The first-order chi connectivity index (χ1) is 9.97. The van der Waals surface area contributed by atoms with Gasteiger partial charge in [0.15, 0.2) is 0 Å². The molecule has 0 unspecified atom stereocenters. The second kappa shape index (κ2) is 8.78. The molecule has 0 fully saturated rings. The minimum absolute atomic E-state index is 0.481. The number of sulfonamides is 1. The Morgan fingerprint density at radius 3 is 2.76 bits per heavy atom.